The third-order valence-corrected chi connectivity index (χ3v) is 4.58. The minimum atomic E-state index is -2.87. The number of aliphatic hydroxyl groups excluding tert-OH is 1. The van der Waals surface area contributed by atoms with Crippen LogP contribution in [0.15, 0.2) is 24.3 Å². The van der Waals surface area contributed by atoms with Crippen LogP contribution < -0.4 is 10.1 Å². The van der Waals surface area contributed by atoms with Crippen LogP contribution in [0.1, 0.15) is 11.7 Å². The molecule has 6 heteroatoms. The molecule has 0 radical (unpaired) electrons. The minimum absolute atomic E-state index is 0.0797. The van der Waals surface area contributed by atoms with Gasteiger partial charge in [0.15, 0.2) is 9.84 Å². The first-order valence-corrected chi connectivity index (χ1v) is 7.62. The summed E-state index contributed by atoms with van der Waals surface area (Å²) in [5.41, 5.74) is 0.754. The summed E-state index contributed by atoms with van der Waals surface area (Å²) in [6, 6.07) is 7.11. The maximum absolute atomic E-state index is 11.0. The fourth-order valence-corrected chi connectivity index (χ4v) is 3.06. The van der Waals surface area contributed by atoms with E-state index in [2.05, 4.69) is 5.32 Å². The van der Waals surface area contributed by atoms with Crippen LogP contribution in [0.2, 0.25) is 0 Å². The number of rotatable bonds is 5. The second-order valence-corrected chi connectivity index (χ2v) is 6.62. The first-order chi connectivity index (χ1) is 8.50. The van der Waals surface area contributed by atoms with Gasteiger partial charge in [-0.1, -0.05) is 12.1 Å². The van der Waals surface area contributed by atoms with Crippen molar-refractivity contribution in [3.8, 4) is 5.75 Å². The van der Waals surface area contributed by atoms with Crippen molar-refractivity contribution in [1.82, 2.24) is 5.32 Å². The van der Waals surface area contributed by atoms with Crippen LogP contribution in [0.4, 0.5) is 0 Å². The molecule has 1 atom stereocenters. The van der Waals surface area contributed by atoms with Gasteiger partial charge in [0, 0.05) is 6.54 Å². The maximum Gasteiger partial charge on any atom is 0.157 e. The summed E-state index contributed by atoms with van der Waals surface area (Å²) in [6.07, 6.45) is -0.852. The Balaban J connectivity index is 1.99. The first-order valence-electron chi connectivity index (χ1n) is 5.80. The fraction of sp³-hybridized carbons (Fsp3) is 0.500. The molecule has 18 heavy (non-hydrogen) atoms. The number of benzene rings is 1. The van der Waals surface area contributed by atoms with Crippen molar-refractivity contribution in [1.29, 1.82) is 0 Å². The lowest BCUT2D eigenvalue weighted by atomic mass is 10.1. The summed E-state index contributed by atoms with van der Waals surface area (Å²) in [4.78, 5) is 0. The Morgan fingerprint density at radius 2 is 2.22 bits per heavy atom. The summed E-state index contributed by atoms with van der Waals surface area (Å²) in [5, 5.41) is 12.7. The molecule has 0 amide bonds. The lowest BCUT2D eigenvalue weighted by Crippen LogP contribution is -2.45. The molecule has 0 bridgehead atoms. The number of aliphatic hydroxyl groups is 1. The van der Waals surface area contributed by atoms with Crippen molar-refractivity contribution in [3.63, 3.8) is 0 Å². The molecule has 0 saturated carbocycles. The van der Waals surface area contributed by atoms with E-state index >= 15 is 0 Å². The van der Waals surface area contributed by atoms with E-state index in [1.807, 2.05) is 6.07 Å². The zero-order valence-electron chi connectivity index (χ0n) is 10.2. The predicted octanol–water partition coefficient (Wildman–Crippen LogP) is 0.115. The van der Waals surface area contributed by atoms with Crippen LogP contribution >= 0.6 is 0 Å². The van der Waals surface area contributed by atoms with E-state index in [1.165, 1.54) is 0 Å². The van der Waals surface area contributed by atoms with Gasteiger partial charge in [-0.2, -0.15) is 0 Å². The Hall–Kier alpha value is -1.11. The maximum atomic E-state index is 11.0. The predicted molar refractivity (Wildman–Crippen MR) is 68.4 cm³/mol. The van der Waals surface area contributed by atoms with Gasteiger partial charge >= 0.3 is 0 Å². The van der Waals surface area contributed by atoms with Crippen LogP contribution in [0.25, 0.3) is 0 Å². The lowest BCUT2D eigenvalue weighted by molar-refractivity contribution is 0.176. The second-order valence-electron chi connectivity index (χ2n) is 4.46. The Labute approximate surface area is 107 Å². The Kier molecular flexibility index (Phi) is 3.89. The quantitative estimate of drug-likeness (QED) is 0.795. The molecule has 1 aromatic rings. The molecular formula is C12H17NO4S. The van der Waals surface area contributed by atoms with E-state index in [0.29, 0.717) is 12.3 Å². The summed E-state index contributed by atoms with van der Waals surface area (Å²) < 4.78 is 27.6. The number of sulfone groups is 1. The van der Waals surface area contributed by atoms with E-state index in [0.717, 1.165) is 5.56 Å². The van der Waals surface area contributed by atoms with E-state index in [-0.39, 0.29) is 17.6 Å². The van der Waals surface area contributed by atoms with Gasteiger partial charge in [0.2, 0.25) is 0 Å². The van der Waals surface area contributed by atoms with Crippen LogP contribution in [0.5, 0.6) is 5.75 Å². The third-order valence-electron chi connectivity index (χ3n) is 2.82. The molecule has 1 aliphatic rings. The van der Waals surface area contributed by atoms with Gasteiger partial charge in [-0.3, -0.25) is 0 Å². The Morgan fingerprint density at radius 3 is 2.83 bits per heavy atom. The van der Waals surface area contributed by atoms with Crippen molar-refractivity contribution in [2.24, 2.45) is 0 Å². The van der Waals surface area contributed by atoms with Gasteiger partial charge < -0.3 is 15.2 Å². The zero-order chi connectivity index (χ0) is 13.2. The zero-order valence-corrected chi connectivity index (χ0v) is 11.0. The van der Waals surface area contributed by atoms with Gasteiger partial charge in [0.05, 0.1) is 17.6 Å². The molecule has 1 saturated heterocycles. The van der Waals surface area contributed by atoms with Crippen molar-refractivity contribution < 1.29 is 18.3 Å². The summed E-state index contributed by atoms with van der Waals surface area (Å²) >= 11 is 0. The van der Waals surface area contributed by atoms with Gasteiger partial charge in [-0.25, -0.2) is 8.42 Å². The number of hydrogen-bond donors (Lipinski definition) is 2. The number of likely N-dealkylation sites (N-methyl/N-ethyl adjacent to an activating group) is 1. The Morgan fingerprint density at radius 1 is 1.50 bits per heavy atom. The molecule has 1 aromatic carbocycles. The van der Waals surface area contributed by atoms with Crippen LogP contribution in [0.3, 0.4) is 0 Å². The number of hydrogen-bond acceptors (Lipinski definition) is 5. The minimum Gasteiger partial charge on any atom is -0.488 e. The topological polar surface area (TPSA) is 75.6 Å². The first kappa shape index (κ1) is 13.3. The molecule has 1 heterocycles. The lowest BCUT2D eigenvalue weighted by Gasteiger charge is -2.26. The van der Waals surface area contributed by atoms with Gasteiger partial charge in [-0.05, 0) is 24.7 Å². The van der Waals surface area contributed by atoms with Gasteiger partial charge in [-0.15, -0.1) is 0 Å². The van der Waals surface area contributed by atoms with E-state index in [4.69, 9.17) is 4.74 Å². The SMILES string of the molecule is CNCC(O)c1cccc(OC2CS(=O)(=O)C2)c1. The van der Waals surface area contributed by atoms with Crippen LogP contribution in [-0.2, 0) is 9.84 Å². The fourth-order valence-electron chi connectivity index (χ4n) is 1.88. The van der Waals surface area contributed by atoms with Gasteiger partial charge in [0.25, 0.3) is 0 Å². The average molecular weight is 271 g/mol. The van der Waals surface area contributed by atoms with Crippen LogP contribution in [0, 0.1) is 0 Å². The molecule has 1 fully saturated rings. The molecule has 0 aliphatic carbocycles. The molecule has 0 aromatic heterocycles. The summed E-state index contributed by atoms with van der Waals surface area (Å²) in [7, 11) is -1.10. The molecule has 5 nitrogen and oxygen atoms in total. The molecule has 1 unspecified atom stereocenters. The Bertz CT molecular complexity index is 503. The normalized spacial score (nSPS) is 20.1. The number of nitrogens with one attached hydrogen (secondary N) is 1. The summed E-state index contributed by atoms with van der Waals surface area (Å²) in [5.74, 6) is 0.759. The highest BCUT2D eigenvalue weighted by Crippen LogP contribution is 2.23. The average Bonchev–Trinajstić information content (AvgIpc) is 2.27. The highest BCUT2D eigenvalue weighted by molar-refractivity contribution is 7.92. The monoisotopic (exact) mass is 271 g/mol. The molecule has 0 spiro atoms. The highest BCUT2D eigenvalue weighted by Gasteiger charge is 2.35. The molecule has 2 rings (SSSR count). The van der Waals surface area contributed by atoms with Crippen molar-refractivity contribution in [2.45, 2.75) is 12.2 Å². The van der Waals surface area contributed by atoms with Crippen molar-refractivity contribution in [3.05, 3.63) is 29.8 Å². The molecule has 1 aliphatic heterocycles. The standard InChI is InChI=1S/C12H17NO4S/c1-13-6-12(14)9-3-2-4-10(5-9)17-11-7-18(15,16)8-11/h2-5,11-14H,6-8H2,1H3. The summed E-state index contributed by atoms with van der Waals surface area (Å²) in [6.45, 7) is 0.460. The largest absolute Gasteiger partial charge is 0.488 e. The molecule has 100 valence electrons. The molecular weight excluding hydrogens is 254 g/mol. The third kappa shape index (κ3) is 3.22. The van der Waals surface area contributed by atoms with Gasteiger partial charge in [0.1, 0.15) is 11.9 Å². The van der Waals surface area contributed by atoms with E-state index < -0.39 is 15.9 Å². The number of ether oxygens (including phenoxy) is 1. The smallest absolute Gasteiger partial charge is 0.157 e. The highest BCUT2D eigenvalue weighted by atomic mass is 32.2. The van der Waals surface area contributed by atoms with Crippen molar-refractivity contribution >= 4 is 9.84 Å². The van der Waals surface area contributed by atoms with Crippen molar-refractivity contribution in [2.75, 3.05) is 25.1 Å². The molecule has 2 N–H and O–H groups in total. The second kappa shape index (κ2) is 5.26. The van der Waals surface area contributed by atoms with E-state index in [9.17, 15) is 13.5 Å². The van der Waals surface area contributed by atoms with E-state index in [1.54, 1.807) is 25.2 Å². The van der Waals surface area contributed by atoms with Crippen LogP contribution in [-0.4, -0.2) is 44.7 Å².